The van der Waals surface area contributed by atoms with Gasteiger partial charge in [0.1, 0.15) is 5.84 Å². The van der Waals surface area contributed by atoms with Gasteiger partial charge >= 0.3 is 0 Å². The van der Waals surface area contributed by atoms with Crippen LogP contribution in [0.5, 0.6) is 0 Å². The molecular formula is C12H13N3S. The fourth-order valence-electron chi connectivity index (χ4n) is 2.10. The fourth-order valence-corrected chi connectivity index (χ4v) is 2.99. The summed E-state index contributed by atoms with van der Waals surface area (Å²) >= 11 is 1.53. The normalized spacial score (nSPS) is 18.9. The number of fused-ring (bicyclic) bond motifs is 3. The molecule has 0 aromatic heterocycles. The summed E-state index contributed by atoms with van der Waals surface area (Å²) in [4.78, 5) is 7.76. The Bertz CT molecular complexity index is 493. The van der Waals surface area contributed by atoms with Crippen molar-refractivity contribution in [1.82, 2.24) is 4.90 Å². The zero-order valence-electron chi connectivity index (χ0n) is 9.16. The van der Waals surface area contributed by atoms with Gasteiger partial charge in [-0.05, 0) is 25.5 Å². The quantitative estimate of drug-likeness (QED) is 0.745. The van der Waals surface area contributed by atoms with E-state index in [9.17, 15) is 0 Å². The lowest BCUT2D eigenvalue weighted by Crippen LogP contribution is -2.42. The standard InChI is InChI=1S/C12H13N3S/c1-8-3-4-10-9(7-8)11-14-5-2-6-15(11)12(13)16-10/h3-4,7,13H,2,5-6H2,1H3. The first-order valence-electron chi connectivity index (χ1n) is 5.45. The van der Waals surface area contributed by atoms with E-state index in [0.29, 0.717) is 5.17 Å². The highest BCUT2D eigenvalue weighted by Gasteiger charge is 2.28. The summed E-state index contributed by atoms with van der Waals surface area (Å²) in [6.45, 7) is 3.91. The highest BCUT2D eigenvalue weighted by atomic mass is 32.2. The number of hydrogen-bond donors (Lipinski definition) is 1. The Morgan fingerprint density at radius 1 is 1.44 bits per heavy atom. The van der Waals surface area contributed by atoms with Gasteiger partial charge in [-0.3, -0.25) is 10.4 Å². The first-order chi connectivity index (χ1) is 7.75. The highest BCUT2D eigenvalue weighted by Crippen LogP contribution is 2.33. The maximum absolute atomic E-state index is 8.01. The molecule has 82 valence electrons. The van der Waals surface area contributed by atoms with Gasteiger partial charge in [-0.25, -0.2) is 0 Å². The Morgan fingerprint density at radius 3 is 3.19 bits per heavy atom. The first-order valence-corrected chi connectivity index (χ1v) is 6.27. The van der Waals surface area contributed by atoms with Crippen LogP contribution in [0.1, 0.15) is 17.5 Å². The Kier molecular flexibility index (Phi) is 2.24. The number of nitrogens with zero attached hydrogens (tertiary/aromatic N) is 2. The second-order valence-corrected chi connectivity index (χ2v) is 5.15. The second-order valence-electron chi connectivity index (χ2n) is 4.12. The SMILES string of the molecule is Cc1ccc2c(c1)C1=NCCCN1C(=N)S2. The Labute approximate surface area is 99.1 Å². The van der Waals surface area contributed by atoms with Crippen molar-refractivity contribution < 1.29 is 0 Å². The molecule has 0 atom stereocenters. The number of benzene rings is 1. The van der Waals surface area contributed by atoms with Gasteiger partial charge in [-0.2, -0.15) is 0 Å². The summed E-state index contributed by atoms with van der Waals surface area (Å²) in [5.41, 5.74) is 2.45. The zero-order valence-corrected chi connectivity index (χ0v) is 9.97. The summed E-state index contributed by atoms with van der Waals surface area (Å²) in [6, 6.07) is 6.36. The molecule has 2 heterocycles. The number of aryl methyl sites for hydroxylation is 1. The van der Waals surface area contributed by atoms with Gasteiger partial charge in [0.15, 0.2) is 5.17 Å². The van der Waals surface area contributed by atoms with E-state index in [1.54, 1.807) is 0 Å². The number of thioether (sulfide) groups is 1. The molecule has 0 amide bonds. The molecule has 0 spiro atoms. The Hall–Kier alpha value is -1.29. The van der Waals surface area contributed by atoms with Gasteiger partial charge in [0, 0.05) is 23.5 Å². The maximum atomic E-state index is 8.01. The van der Waals surface area contributed by atoms with E-state index >= 15 is 0 Å². The second kappa shape index (κ2) is 3.63. The minimum atomic E-state index is 0.606. The molecule has 3 rings (SSSR count). The molecule has 2 aliphatic rings. The molecule has 3 nitrogen and oxygen atoms in total. The summed E-state index contributed by atoms with van der Waals surface area (Å²) in [5.74, 6) is 0.994. The van der Waals surface area contributed by atoms with Crippen LogP contribution in [0.3, 0.4) is 0 Å². The van der Waals surface area contributed by atoms with Gasteiger partial charge in [0.2, 0.25) is 0 Å². The van der Waals surface area contributed by atoms with Crippen LogP contribution in [0.25, 0.3) is 0 Å². The minimum Gasteiger partial charge on any atom is -0.305 e. The third-order valence-electron chi connectivity index (χ3n) is 2.88. The van der Waals surface area contributed by atoms with Crippen molar-refractivity contribution in [1.29, 1.82) is 5.41 Å². The summed E-state index contributed by atoms with van der Waals surface area (Å²) in [6.07, 6.45) is 1.05. The van der Waals surface area contributed by atoms with Gasteiger partial charge < -0.3 is 4.90 Å². The lowest BCUT2D eigenvalue weighted by Gasteiger charge is -2.34. The molecule has 0 unspecified atom stereocenters. The number of aliphatic imine (C=N–C) groups is 1. The lowest BCUT2D eigenvalue weighted by atomic mass is 10.1. The Morgan fingerprint density at radius 2 is 2.31 bits per heavy atom. The van der Waals surface area contributed by atoms with Crippen LogP contribution in [0, 0.1) is 12.3 Å². The average Bonchev–Trinajstić information content (AvgIpc) is 2.31. The summed E-state index contributed by atoms with van der Waals surface area (Å²) < 4.78 is 0. The largest absolute Gasteiger partial charge is 0.305 e. The van der Waals surface area contributed by atoms with Gasteiger partial charge in [0.05, 0.1) is 0 Å². The third kappa shape index (κ3) is 1.45. The third-order valence-corrected chi connectivity index (χ3v) is 3.87. The zero-order chi connectivity index (χ0) is 11.1. The number of hydrogen-bond acceptors (Lipinski definition) is 3. The number of amidine groups is 2. The van der Waals surface area contributed by atoms with E-state index in [0.717, 1.165) is 30.2 Å². The molecular weight excluding hydrogens is 218 g/mol. The molecule has 16 heavy (non-hydrogen) atoms. The molecule has 0 saturated carbocycles. The first kappa shape index (κ1) is 9.90. The van der Waals surface area contributed by atoms with Gasteiger partial charge in [-0.1, -0.05) is 23.4 Å². The predicted octanol–water partition coefficient (Wildman–Crippen LogP) is 2.49. The van der Waals surface area contributed by atoms with E-state index < -0.39 is 0 Å². The van der Waals surface area contributed by atoms with E-state index in [1.807, 2.05) is 4.90 Å². The molecule has 1 N–H and O–H groups in total. The Balaban J connectivity index is 2.18. The smallest absolute Gasteiger partial charge is 0.166 e. The molecule has 0 saturated heterocycles. The lowest BCUT2D eigenvalue weighted by molar-refractivity contribution is 0.551. The van der Waals surface area contributed by atoms with Crippen molar-refractivity contribution in [3.05, 3.63) is 29.3 Å². The molecule has 4 heteroatoms. The van der Waals surface area contributed by atoms with Crippen molar-refractivity contribution in [3.63, 3.8) is 0 Å². The molecule has 0 radical (unpaired) electrons. The fraction of sp³-hybridized carbons (Fsp3) is 0.333. The topological polar surface area (TPSA) is 39.5 Å². The molecule has 0 bridgehead atoms. The highest BCUT2D eigenvalue weighted by molar-refractivity contribution is 8.14. The van der Waals surface area contributed by atoms with E-state index in [-0.39, 0.29) is 0 Å². The summed E-state index contributed by atoms with van der Waals surface area (Å²) in [7, 11) is 0. The average molecular weight is 231 g/mol. The summed E-state index contributed by atoms with van der Waals surface area (Å²) in [5, 5.41) is 8.61. The van der Waals surface area contributed by atoms with E-state index in [2.05, 4.69) is 30.1 Å². The van der Waals surface area contributed by atoms with Gasteiger partial charge in [-0.15, -0.1) is 0 Å². The van der Waals surface area contributed by atoms with Crippen LogP contribution in [-0.4, -0.2) is 29.0 Å². The molecule has 2 aliphatic heterocycles. The maximum Gasteiger partial charge on any atom is 0.166 e. The molecule has 0 aliphatic carbocycles. The van der Waals surface area contributed by atoms with Crippen LogP contribution < -0.4 is 0 Å². The monoisotopic (exact) mass is 231 g/mol. The number of nitrogens with one attached hydrogen (secondary N) is 1. The van der Waals surface area contributed by atoms with Crippen LogP contribution in [-0.2, 0) is 0 Å². The van der Waals surface area contributed by atoms with Crippen molar-refractivity contribution >= 4 is 22.8 Å². The minimum absolute atomic E-state index is 0.606. The van der Waals surface area contributed by atoms with Crippen molar-refractivity contribution in [2.45, 2.75) is 18.2 Å². The van der Waals surface area contributed by atoms with Crippen LogP contribution in [0.4, 0.5) is 0 Å². The van der Waals surface area contributed by atoms with Crippen LogP contribution >= 0.6 is 11.8 Å². The van der Waals surface area contributed by atoms with Crippen LogP contribution in [0.15, 0.2) is 28.1 Å². The van der Waals surface area contributed by atoms with Crippen molar-refractivity contribution in [2.24, 2.45) is 4.99 Å². The van der Waals surface area contributed by atoms with Crippen molar-refractivity contribution in [2.75, 3.05) is 13.1 Å². The molecule has 1 aromatic carbocycles. The van der Waals surface area contributed by atoms with E-state index in [4.69, 9.17) is 5.41 Å². The van der Waals surface area contributed by atoms with Gasteiger partial charge in [0.25, 0.3) is 0 Å². The molecule has 0 fully saturated rings. The molecule has 1 aromatic rings. The van der Waals surface area contributed by atoms with Crippen LogP contribution in [0.2, 0.25) is 0 Å². The van der Waals surface area contributed by atoms with Crippen molar-refractivity contribution in [3.8, 4) is 0 Å². The number of rotatable bonds is 0. The predicted molar refractivity (Wildman–Crippen MR) is 67.5 cm³/mol. The van der Waals surface area contributed by atoms with E-state index in [1.165, 1.54) is 22.9 Å².